The predicted octanol–water partition coefficient (Wildman–Crippen LogP) is 6.35. The van der Waals surface area contributed by atoms with Crippen LogP contribution in [0.4, 0.5) is 0 Å². The number of aromatic nitrogens is 1. The zero-order valence-corrected chi connectivity index (χ0v) is 21.5. The molecule has 2 saturated carbocycles. The Hall–Kier alpha value is -2.39. The molecule has 0 radical (unpaired) electrons. The Morgan fingerprint density at radius 2 is 1.77 bits per heavy atom. The van der Waals surface area contributed by atoms with Crippen molar-refractivity contribution in [3.05, 3.63) is 77.6 Å². The van der Waals surface area contributed by atoms with Crippen molar-refractivity contribution in [1.29, 1.82) is 0 Å². The summed E-state index contributed by atoms with van der Waals surface area (Å²) in [7, 11) is 1.71. The molecule has 1 aromatic carbocycles. The molecule has 3 nitrogen and oxygen atoms in total. The van der Waals surface area contributed by atoms with Gasteiger partial charge in [0.05, 0.1) is 13.2 Å². The summed E-state index contributed by atoms with van der Waals surface area (Å²) in [6, 6.07) is 12.9. The van der Waals surface area contributed by atoms with Gasteiger partial charge in [0.1, 0.15) is 5.75 Å². The van der Waals surface area contributed by atoms with E-state index in [1.165, 1.54) is 36.8 Å². The summed E-state index contributed by atoms with van der Waals surface area (Å²) in [5.74, 6) is 3.17. The first kappa shape index (κ1) is 23.0. The van der Waals surface area contributed by atoms with Crippen LogP contribution in [-0.4, -0.2) is 18.3 Å². The van der Waals surface area contributed by atoms with Crippen LogP contribution < -0.4 is 9.30 Å². The fourth-order valence-corrected chi connectivity index (χ4v) is 8.38. The minimum atomic E-state index is -0.123. The normalized spacial score (nSPS) is 35.9. The summed E-state index contributed by atoms with van der Waals surface area (Å²) < 4.78 is 7.64. The number of hydrogen-bond donors (Lipinski definition) is 1. The number of fused-ring (bicyclic) bond motifs is 5. The smallest absolute Gasteiger partial charge is 0.176 e. The zero-order valence-electron chi connectivity index (χ0n) is 21.5. The average molecular weight is 471 g/mol. The Balaban J connectivity index is 1.24. The quantitative estimate of drug-likeness (QED) is 0.417. The molecule has 184 valence electrons. The van der Waals surface area contributed by atoms with Gasteiger partial charge in [0.2, 0.25) is 0 Å². The standard InChI is InChI=1S/C32H40NO2/c1-31-16-14-25(34)19-24(31)8-11-27-29-13-12-28(32(29,2)17-15-30(27)31)23-5-4-18-33(21-23)20-22-6-9-26(35-3)10-7-22/h4-10,12,18,21,25,27,29-30,34H,11,13-17,19-20H2,1-3H3/q+1/t25-,27-,29-,30-,31-,32+/m0/s1. The van der Waals surface area contributed by atoms with Gasteiger partial charge in [0.15, 0.2) is 18.9 Å². The van der Waals surface area contributed by atoms with E-state index in [1.807, 2.05) is 12.1 Å². The highest BCUT2D eigenvalue weighted by Gasteiger charge is 2.56. The first-order valence-electron chi connectivity index (χ1n) is 13.6. The third-order valence-corrected chi connectivity index (χ3v) is 10.4. The molecule has 3 heteroatoms. The molecule has 1 heterocycles. The van der Waals surface area contributed by atoms with Gasteiger partial charge < -0.3 is 9.84 Å². The summed E-state index contributed by atoms with van der Waals surface area (Å²) in [5.41, 5.74) is 6.38. The molecule has 0 saturated heterocycles. The SMILES string of the molecule is COc1ccc(C[n+]2cccc(C3=CC[C@H]4[C@@H]5CC=C6C[C@@H](O)CC[C@]6(C)[C@H]5CC[C@]34C)c2)cc1. The molecule has 35 heavy (non-hydrogen) atoms. The summed E-state index contributed by atoms with van der Waals surface area (Å²) >= 11 is 0. The molecule has 0 aliphatic heterocycles. The molecule has 1 aromatic heterocycles. The van der Waals surface area contributed by atoms with E-state index >= 15 is 0 Å². The number of allylic oxidation sites excluding steroid dienone is 3. The molecule has 0 unspecified atom stereocenters. The summed E-state index contributed by atoms with van der Waals surface area (Å²) in [4.78, 5) is 0. The Labute approximate surface area is 210 Å². The van der Waals surface area contributed by atoms with E-state index in [4.69, 9.17) is 4.74 Å². The second-order valence-corrected chi connectivity index (χ2v) is 12.1. The van der Waals surface area contributed by atoms with E-state index in [9.17, 15) is 5.11 Å². The summed E-state index contributed by atoms with van der Waals surface area (Å²) in [5, 5.41) is 10.3. The first-order valence-corrected chi connectivity index (χ1v) is 13.6. The third kappa shape index (κ3) is 3.78. The third-order valence-electron chi connectivity index (χ3n) is 10.4. The van der Waals surface area contributed by atoms with E-state index in [0.717, 1.165) is 49.3 Å². The number of pyridine rings is 1. The predicted molar refractivity (Wildman–Crippen MR) is 140 cm³/mol. The van der Waals surface area contributed by atoms with Crippen molar-refractivity contribution in [3.8, 4) is 5.75 Å². The molecule has 2 fully saturated rings. The van der Waals surface area contributed by atoms with Crippen LogP contribution in [0.15, 0.2) is 66.5 Å². The Morgan fingerprint density at radius 3 is 2.57 bits per heavy atom. The van der Waals surface area contributed by atoms with Gasteiger partial charge in [-0.1, -0.05) is 31.6 Å². The maximum Gasteiger partial charge on any atom is 0.176 e. The molecular weight excluding hydrogens is 430 g/mol. The minimum Gasteiger partial charge on any atom is -0.497 e. The monoisotopic (exact) mass is 470 g/mol. The molecule has 6 atom stereocenters. The molecule has 0 bridgehead atoms. The van der Waals surface area contributed by atoms with Crippen LogP contribution >= 0.6 is 0 Å². The van der Waals surface area contributed by atoms with Crippen molar-refractivity contribution < 1.29 is 14.4 Å². The highest BCUT2D eigenvalue weighted by atomic mass is 16.5. The Kier molecular flexibility index (Phi) is 5.67. The van der Waals surface area contributed by atoms with Crippen molar-refractivity contribution in [2.75, 3.05) is 7.11 Å². The highest BCUT2D eigenvalue weighted by molar-refractivity contribution is 5.72. The molecule has 0 spiro atoms. The van der Waals surface area contributed by atoms with Crippen LogP contribution in [0, 0.1) is 28.6 Å². The van der Waals surface area contributed by atoms with Crippen molar-refractivity contribution >= 4 is 5.57 Å². The van der Waals surface area contributed by atoms with Crippen LogP contribution in [0.25, 0.3) is 5.57 Å². The molecule has 4 aliphatic rings. The number of rotatable bonds is 4. The second-order valence-electron chi connectivity index (χ2n) is 12.1. The molecule has 0 amide bonds. The van der Waals surface area contributed by atoms with Crippen LogP contribution in [0.5, 0.6) is 5.75 Å². The molecule has 4 aliphatic carbocycles. The largest absolute Gasteiger partial charge is 0.497 e. The number of hydrogen-bond acceptors (Lipinski definition) is 2. The number of nitrogens with zero attached hydrogens (tertiary/aromatic N) is 1. The number of methoxy groups -OCH3 is 1. The van der Waals surface area contributed by atoms with E-state index in [1.54, 1.807) is 18.3 Å². The van der Waals surface area contributed by atoms with Gasteiger partial charge in [-0.05, 0) is 109 Å². The Bertz CT molecular complexity index is 1160. The molecule has 2 aromatic rings. The molecular formula is C32H40NO2+. The lowest BCUT2D eigenvalue weighted by Gasteiger charge is -2.57. The maximum atomic E-state index is 10.3. The van der Waals surface area contributed by atoms with Crippen LogP contribution in [0.2, 0.25) is 0 Å². The van der Waals surface area contributed by atoms with Crippen LogP contribution in [-0.2, 0) is 6.54 Å². The maximum absolute atomic E-state index is 10.3. The van der Waals surface area contributed by atoms with E-state index in [0.29, 0.717) is 5.41 Å². The first-order chi connectivity index (χ1) is 16.9. The number of benzene rings is 1. The van der Waals surface area contributed by atoms with Crippen LogP contribution in [0.3, 0.4) is 0 Å². The summed E-state index contributed by atoms with van der Waals surface area (Å²) in [6.07, 6.45) is 17.6. The molecule has 6 rings (SSSR count). The number of ether oxygens (including phenoxy) is 1. The van der Waals surface area contributed by atoms with Crippen molar-refractivity contribution in [2.45, 2.75) is 71.4 Å². The van der Waals surface area contributed by atoms with Gasteiger partial charge in [-0.25, -0.2) is 4.57 Å². The lowest BCUT2D eigenvalue weighted by Crippen LogP contribution is -2.49. The average Bonchev–Trinajstić information content (AvgIpc) is 3.22. The van der Waals surface area contributed by atoms with Gasteiger partial charge in [0, 0.05) is 17.2 Å². The topological polar surface area (TPSA) is 33.3 Å². The minimum absolute atomic E-state index is 0.123. The van der Waals surface area contributed by atoms with E-state index < -0.39 is 0 Å². The zero-order chi connectivity index (χ0) is 24.2. The van der Waals surface area contributed by atoms with Crippen molar-refractivity contribution in [3.63, 3.8) is 0 Å². The molecule has 1 N–H and O–H groups in total. The lowest BCUT2D eigenvalue weighted by molar-refractivity contribution is -0.688. The van der Waals surface area contributed by atoms with E-state index in [-0.39, 0.29) is 11.5 Å². The van der Waals surface area contributed by atoms with Crippen LogP contribution in [0.1, 0.15) is 69.9 Å². The second kappa shape index (κ2) is 8.62. The van der Waals surface area contributed by atoms with Gasteiger partial charge in [-0.3, -0.25) is 0 Å². The van der Waals surface area contributed by atoms with Gasteiger partial charge in [-0.2, -0.15) is 0 Å². The van der Waals surface area contributed by atoms with Crippen molar-refractivity contribution in [2.24, 2.45) is 28.6 Å². The number of aliphatic hydroxyl groups excluding tert-OH is 1. The van der Waals surface area contributed by atoms with E-state index in [2.05, 4.69) is 67.2 Å². The van der Waals surface area contributed by atoms with Gasteiger partial charge in [-0.15, -0.1) is 0 Å². The highest BCUT2D eigenvalue weighted by Crippen LogP contribution is 2.66. The van der Waals surface area contributed by atoms with Crippen molar-refractivity contribution in [1.82, 2.24) is 0 Å². The lowest BCUT2D eigenvalue weighted by atomic mass is 9.47. The number of aliphatic hydroxyl groups is 1. The Morgan fingerprint density at radius 1 is 0.971 bits per heavy atom. The summed E-state index contributed by atoms with van der Waals surface area (Å²) in [6.45, 7) is 5.94. The van der Waals surface area contributed by atoms with Gasteiger partial charge >= 0.3 is 0 Å². The van der Waals surface area contributed by atoms with Gasteiger partial charge in [0.25, 0.3) is 0 Å². The fraction of sp³-hybridized carbons (Fsp3) is 0.531. The fourth-order valence-electron chi connectivity index (χ4n) is 8.38.